The molecule has 130 valence electrons. The maximum Gasteiger partial charge on any atom is 0.135 e. The molecule has 1 saturated carbocycles. The lowest BCUT2D eigenvalue weighted by atomic mass is 10.1. The van der Waals surface area contributed by atoms with E-state index in [1.807, 2.05) is 29.9 Å². The average Bonchev–Trinajstić information content (AvgIpc) is 3.26. The first-order valence-corrected chi connectivity index (χ1v) is 8.71. The molecule has 4 aromatic rings. The molecule has 0 saturated heterocycles. The Morgan fingerprint density at radius 2 is 1.81 bits per heavy atom. The highest BCUT2D eigenvalue weighted by Gasteiger charge is 2.27. The Labute approximate surface area is 149 Å². The number of halogens is 2. The molecule has 2 aromatic carbocycles. The second-order valence-corrected chi connectivity index (χ2v) is 6.93. The van der Waals surface area contributed by atoms with Crippen LogP contribution in [0.3, 0.4) is 0 Å². The van der Waals surface area contributed by atoms with Crippen molar-refractivity contribution < 1.29 is 8.78 Å². The summed E-state index contributed by atoms with van der Waals surface area (Å²) in [7, 11) is 1.95. The molecule has 2 aromatic heterocycles. The molecule has 0 amide bonds. The van der Waals surface area contributed by atoms with Gasteiger partial charge in [0, 0.05) is 29.4 Å². The topological polar surface area (TPSA) is 33.6 Å². The quantitative estimate of drug-likeness (QED) is 0.528. The van der Waals surface area contributed by atoms with E-state index in [9.17, 15) is 8.78 Å². The summed E-state index contributed by atoms with van der Waals surface area (Å²) in [6.07, 6.45) is 2.43. The van der Waals surface area contributed by atoms with Crippen LogP contribution in [0, 0.1) is 11.6 Å². The summed E-state index contributed by atoms with van der Waals surface area (Å²) in [5, 5.41) is 5.53. The van der Waals surface area contributed by atoms with Gasteiger partial charge in [-0.25, -0.2) is 8.78 Å². The van der Waals surface area contributed by atoms with Gasteiger partial charge in [0.15, 0.2) is 0 Å². The molecule has 0 radical (unpaired) electrons. The van der Waals surface area contributed by atoms with Crippen molar-refractivity contribution in [3.63, 3.8) is 0 Å². The van der Waals surface area contributed by atoms with E-state index < -0.39 is 11.6 Å². The van der Waals surface area contributed by atoms with Gasteiger partial charge in [0.1, 0.15) is 11.6 Å². The van der Waals surface area contributed by atoms with Gasteiger partial charge in [-0.15, -0.1) is 0 Å². The number of hydrogen-bond acceptors (Lipinski definition) is 1. The van der Waals surface area contributed by atoms with Crippen LogP contribution >= 0.6 is 0 Å². The van der Waals surface area contributed by atoms with E-state index in [1.165, 1.54) is 31.0 Å². The van der Waals surface area contributed by atoms with Gasteiger partial charge >= 0.3 is 0 Å². The minimum Gasteiger partial charge on any atom is -0.354 e. The predicted octanol–water partition coefficient (Wildman–Crippen LogP) is 5.39. The van der Waals surface area contributed by atoms with Crippen molar-refractivity contribution in [3.8, 4) is 22.5 Å². The monoisotopic (exact) mass is 349 g/mol. The van der Waals surface area contributed by atoms with Crippen LogP contribution < -0.4 is 0 Å². The molecule has 1 N–H and O–H groups in total. The molecule has 2 heterocycles. The lowest BCUT2D eigenvalue weighted by Crippen LogP contribution is -1.94. The molecule has 1 fully saturated rings. The highest BCUT2D eigenvalue weighted by Crippen LogP contribution is 2.40. The molecular weight excluding hydrogens is 332 g/mol. The average molecular weight is 349 g/mol. The Hall–Kier alpha value is -2.95. The molecule has 1 aliphatic carbocycles. The van der Waals surface area contributed by atoms with Crippen LogP contribution in [-0.2, 0) is 7.05 Å². The number of aryl methyl sites for hydroxylation is 1. The van der Waals surface area contributed by atoms with E-state index >= 15 is 0 Å². The molecule has 0 bridgehead atoms. The smallest absolute Gasteiger partial charge is 0.135 e. The molecule has 5 heteroatoms. The number of H-pyrrole nitrogens is 1. The lowest BCUT2D eigenvalue weighted by Gasteiger charge is -2.01. The maximum atomic E-state index is 14.1. The van der Waals surface area contributed by atoms with Crippen LogP contribution in [-0.4, -0.2) is 14.8 Å². The molecule has 0 atom stereocenters. The van der Waals surface area contributed by atoms with Crippen LogP contribution in [0.25, 0.3) is 33.4 Å². The highest BCUT2D eigenvalue weighted by molar-refractivity contribution is 5.89. The van der Waals surface area contributed by atoms with Crippen molar-refractivity contribution >= 4 is 10.9 Å². The van der Waals surface area contributed by atoms with E-state index in [1.54, 1.807) is 6.07 Å². The summed E-state index contributed by atoms with van der Waals surface area (Å²) in [6, 6.07) is 13.8. The van der Waals surface area contributed by atoms with Crippen LogP contribution in [0.15, 0.2) is 48.5 Å². The highest BCUT2D eigenvalue weighted by atomic mass is 19.1. The zero-order chi connectivity index (χ0) is 17.8. The summed E-state index contributed by atoms with van der Waals surface area (Å²) in [5.41, 5.74) is 4.49. The SMILES string of the molecule is Cn1nc(C2CC2)cc1-c1ccc2[nH]c(-c3c(F)cccc3F)cc2c1. The number of nitrogens with one attached hydrogen (secondary N) is 1. The summed E-state index contributed by atoms with van der Waals surface area (Å²) >= 11 is 0. The van der Waals surface area contributed by atoms with Crippen molar-refractivity contribution in [1.29, 1.82) is 0 Å². The molecule has 26 heavy (non-hydrogen) atoms. The fourth-order valence-corrected chi connectivity index (χ4v) is 3.52. The van der Waals surface area contributed by atoms with E-state index in [-0.39, 0.29) is 5.56 Å². The van der Waals surface area contributed by atoms with E-state index in [0.717, 1.165) is 27.9 Å². The number of fused-ring (bicyclic) bond motifs is 1. The third-order valence-corrected chi connectivity index (χ3v) is 5.04. The molecule has 0 aliphatic heterocycles. The first-order valence-electron chi connectivity index (χ1n) is 8.71. The van der Waals surface area contributed by atoms with Crippen LogP contribution in [0.1, 0.15) is 24.5 Å². The standard InChI is InChI=1S/C21H17F2N3/c1-26-20(11-18(25-26)12-5-6-12)13-7-8-17-14(9-13)10-19(24-17)21-15(22)3-2-4-16(21)23/h2-4,7-12,24H,5-6H2,1H3. The number of hydrogen-bond donors (Lipinski definition) is 1. The maximum absolute atomic E-state index is 14.1. The Kier molecular flexibility index (Phi) is 3.26. The number of aromatic nitrogens is 3. The van der Waals surface area contributed by atoms with Gasteiger partial charge in [0.25, 0.3) is 0 Å². The number of rotatable bonds is 3. The first kappa shape index (κ1) is 15.3. The number of nitrogens with zero attached hydrogens (tertiary/aromatic N) is 2. The Morgan fingerprint density at radius 1 is 1.04 bits per heavy atom. The van der Waals surface area contributed by atoms with Gasteiger partial charge in [0.05, 0.1) is 22.6 Å². The van der Waals surface area contributed by atoms with Crippen molar-refractivity contribution in [2.45, 2.75) is 18.8 Å². The summed E-state index contributed by atoms with van der Waals surface area (Å²) in [6.45, 7) is 0. The number of benzene rings is 2. The fraction of sp³-hybridized carbons (Fsp3) is 0.190. The zero-order valence-corrected chi connectivity index (χ0v) is 14.3. The van der Waals surface area contributed by atoms with E-state index in [2.05, 4.69) is 16.1 Å². The van der Waals surface area contributed by atoms with Gasteiger partial charge in [0.2, 0.25) is 0 Å². The lowest BCUT2D eigenvalue weighted by molar-refractivity contribution is 0.589. The molecule has 1 aliphatic rings. The van der Waals surface area contributed by atoms with Gasteiger partial charge in [-0.3, -0.25) is 4.68 Å². The zero-order valence-electron chi connectivity index (χ0n) is 14.3. The van der Waals surface area contributed by atoms with Crippen LogP contribution in [0.2, 0.25) is 0 Å². The third kappa shape index (κ3) is 2.43. The van der Waals surface area contributed by atoms with Gasteiger partial charge in [-0.05, 0) is 49.2 Å². The summed E-state index contributed by atoms with van der Waals surface area (Å²) in [4.78, 5) is 3.12. The van der Waals surface area contributed by atoms with Gasteiger partial charge in [-0.2, -0.15) is 5.10 Å². The third-order valence-electron chi connectivity index (χ3n) is 5.04. The Bertz CT molecular complexity index is 1120. The summed E-state index contributed by atoms with van der Waals surface area (Å²) in [5.74, 6) is -0.545. The number of aromatic amines is 1. The van der Waals surface area contributed by atoms with Crippen LogP contribution in [0.5, 0.6) is 0 Å². The van der Waals surface area contributed by atoms with Crippen molar-refractivity contribution in [2.75, 3.05) is 0 Å². The molecule has 3 nitrogen and oxygen atoms in total. The van der Waals surface area contributed by atoms with E-state index in [4.69, 9.17) is 0 Å². The molecular formula is C21H17F2N3. The van der Waals surface area contributed by atoms with Gasteiger partial charge < -0.3 is 4.98 Å². The second kappa shape index (κ2) is 5.53. The Balaban J connectivity index is 1.60. The minimum atomic E-state index is -0.572. The van der Waals surface area contributed by atoms with Crippen LogP contribution in [0.4, 0.5) is 8.78 Å². The molecule has 0 unspecified atom stereocenters. The fourth-order valence-electron chi connectivity index (χ4n) is 3.52. The predicted molar refractivity (Wildman–Crippen MR) is 97.8 cm³/mol. The van der Waals surface area contributed by atoms with Crippen molar-refractivity contribution in [3.05, 3.63) is 65.9 Å². The molecule has 5 rings (SSSR count). The van der Waals surface area contributed by atoms with Gasteiger partial charge in [-0.1, -0.05) is 12.1 Å². The molecule has 0 spiro atoms. The second-order valence-electron chi connectivity index (χ2n) is 6.93. The normalized spacial score (nSPS) is 14.3. The summed E-state index contributed by atoms with van der Waals surface area (Å²) < 4.78 is 30.1. The van der Waals surface area contributed by atoms with E-state index in [0.29, 0.717) is 11.6 Å². The van der Waals surface area contributed by atoms with Crippen molar-refractivity contribution in [2.24, 2.45) is 7.05 Å². The van der Waals surface area contributed by atoms with Crippen molar-refractivity contribution in [1.82, 2.24) is 14.8 Å². The first-order chi connectivity index (χ1) is 12.6. The largest absolute Gasteiger partial charge is 0.354 e. The Morgan fingerprint density at radius 3 is 2.54 bits per heavy atom. The minimum absolute atomic E-state index is 0.0261.